The number of carbonyl (C=O) groups excluding carboxylic acids is 1. The number of methoxy groups -OCH3 is 1. The summed E-state index contributed by atoms with van der Waals surface area (Å²) < 4.78 is 22.8. The maximum Gasteiger partial charge on any atom is 0.223 e. The first-order valence-electron chi connectivity index (χ1n) is 10.1. The number of rotatable bonds is 8. The molecule has 2 saturated heterocycles. The topological polar surface area (TPSA) is 57.2 Å². The zero-order chi connectivity index (χ0) is 20.1. The lowest BCUT2D eigenvalue weighted by molar-refractivity contribution is -0.128. The molecule has 2 fully saturated rings. The minimum atomic E-state index is -0.226. The summed E-state index contributed by atoms with van der Waals surface area (Å²) in [5.74, 6) is 2.47. The van der Waals surface area contributed by atoms with Crippen molar-refractivity contribution in [3.8, 4) is 17.2 Å². The van der Waals surface area contributed by atoms with Crippen LogP contribution in [0.5, 0.6) is 17.2 Å². The molecule has 2 unspecified atom stereocenters. The van der Waals surface area contributed by atoms with E-state index in [4.69, 9.17) is 18.9 Å². The molecule has 154 valence electrons. The van der Waals surface area contributed by atoms with Gasteiger partial charge >= 0.3 is 0 Å². The summed E-state index contributed by atoms with van der Waals surface area (Å²) in [7, 11) is 1.63. The van der Waals surface area contributed by atoms with Crippen LogP contribution in [0.25, 0.3) is 0 Å². The van der Waals surface area contributed by atoms with E-state index in [9.17, 15) is 4.79 Å². The third-order valence-electron chi connectivity index (χ3n) is 5.39. The van der Waals surface area contributed by atoms with Gasteiger partial charge < -0.3 is 23.8 Å². The Morgan fingerprint density at radius 1 is 1.14 bits per heavy atom. The number of carbonyl (C=O) groups is 1. The quantitative estimate of drug-likeness (QED) is 0.681. The van der Waals surface area contributed by atoms with E-state index in [2.05, 4.69) is 0 Å². The van der Waals surface area contributed by atoms with Crippen molar-refractivity contribution in [2.45, 2.75) is 31.5 Å². The van der Waals surface area contributed by atoms with Crippen molar-refractivity contribution in [2.24, 2.45) is 0 Å². The monoisotopic (exact) mass is 397 g/mol. The van der Waals surface area contributed by atoms with Crippen molar-refractivity contribution in [2.75, 3.05) is 33.4 Å². The fourth-order valence-corrected chi connectivity index (χ4v) is 3.82. The number of benzene rings is 2. The zero-order valence-corrected chi connectivity index (χ0v) is 16.7. The minimum Gasteiger partial charge on any atom is -0.493 e. The SMILES string of the molecule is COc1ccc(C2CC(=O)N(CCOc3ccccc3)C2)cc1OC1CCCO1. The predicted molar refractivity (Wildman–Crippen MR) is 108 cm³/mol. The Labute approximate surface area is 171 Å². The van der Waals surface area contributed by atoms with Crippen LogP contribution in [0.2, 0.25) is 0 Å². The molecule has 29 heavy (non-hydrogen) atoms. The summed E-state index contributed by atoms with van der Waals surface area (Å²) in [6, 6.07) is 15.6. The van der Waals surface area contributed by atoms with E-state index in [1.165, 1.54) is 0 Å². The molecule has 0 N–H and O–H groups in total. The van der Waals surface area contributed by atoms with Gasteiger partial charge in [0.2, 0.25) is 5.91 Å². The van der Waals surface area contributed by atoms with Crippen LogP contribution < -0.4 is 14.2 Å². The molecule has 4 rings (SSSR count). The van der Waals surface area contributed by atoms with Gasteiger partial charge in [0.05, 0.1) is 20.3 Å². The Balaban J connectivity index is 1.37. The lowest BCUT2D eigenvalue weighted by atomic mass is 9.98. The van der Waals surface area contributed by atoms with E-state index >= 15 is 0 Å². The van der Waals surface area contributed by atoms with Gasteiger partial charge in [-0.05, 0) is 36.2 Å². The normalized spacial score (nSPS) is 21.4. The van der Waals surface area contributed by atoms with Crippen molar-refractivity contribution >= 4 is 5.91 Å². The zero-order valence-electron chi connectivity index (χ0n) is 16.7. The maximum absolute atomic E-state index is 12.5. The van der Waals surface area contributed by atoms with Crippen LogP contribution in [0.3, 0.4) is 0 Å². The van der Waals surface area contributed by atoms with Crippen LogP contribution in [0.4, 0.5) is 0 Å². The molecule has 6 heteroatoms. The molecule has 0 radical (unpaired) electrons. The largest absolute Gasteiger partial charge is 0.493 e. The van der Waals surface area contributed by atoms with E-state index < -0.39 is 0 Å². The molecule has 0 saturated carbocycles. The molecular weight excluding hydrogens is 370 g/mol. The van der Waals surface area contributed by atoms with E-state index in [1.54, 1.807) is 7.11 Å². The highest BCUT2D eigenvalue weighted by atomic mass is 16.7. The average Bonchev–Trinajstić information content (AvgIpc) is 3.39. The molecule has 2 heterocycles. The summed E-state index contributed by atoms with van der Waals surface area (Å²) in [6.45, 7) is 2.48. The van der Waals surface area contributed by atoms with Gasteiger partial charge in [0.25, 0.3) is 0 Å². The van der Waals surface area contributed by atoms with Gasteiger partial charge in [0.1, 0.15) is 12.4 Å². The Bertz CT molecular complexity index is 819. The Morgan fingerprint density at radius 2 is 2.00 bits per heavy atom. The molecule has 0 bridgehead atoms. The minimum absolute atomic E-state index is 0.136. The highest BCUT2D eigenvalue weighted by Crippen LogP contribution is 2.36. The van der Waals surface area contributed by atoms with Gasteiger partial charge in [-0.25, -0.2) is 0 Å². The van der Waals surface area contributed by atoms with Crippen molar-refractivity contribution in [3.05, 3.63) is 54.1 Å². The first kappa shape index (κ1) is 19.6. The lowest BCUT2D eigenvalue weighted by Crippen LogP contribution is -2.29. The van der Waals surface area contributed by atoms with Crippen LogP contribution >= 0.6 is 0 Å². The summed E-state index contributed by atoms with van der Waals surface area (Å²) in [5.41, 5.74) is 1.08. The van der Waals surface area contributed by atoms with Crippen molar-refractivity contribution in [1.29, 1.82) is 0 Å². The number of hydrogen-bond acceptors (Lipinski definition) is 5. The molecule has 2 aliphatic heterocycles. The molecule has 0 spiro atoms. The van der Waals surface area contributed by atoms with E-state index in [0.717, 1.165) is 30.8 Å². The van der Waals surface area contributed by atoms with Crippen molar-refractivity contribution in [1.82, 2.24) is 4.90 Å². The molecular formula is C23H27NO5. The summed E-state index contributed by atoms with van der Waals surface area (Å²) in [5, 5.41) is 0. The van der Waals surface area contributed by atoms with Crippen LogP contribution in [0.15, 0.2) is 48.5 Å². The van der Waals surface area contributed by atoms with Crippen molar-refractivity contribution in [3.63, 3.8) is 0 Å². The third-order valence-corrected chi connectivity index (χ3v) is 5.39. The molecule has 2 aromatic rings. The molecule has 6 nitrogen and oxygen atoms in total. The summed E-state index contributed by atoms with van der Waals surface area (Å²) >= 11 is 0. The van der Waals surface area contributed by atoms with Gasteiger partial charge in [-0.2, -0.15) is 0 Å². The maximum atomic E-state index is 12.5. The van der Waals surface area contributed by atoms with E-state index in [0.29, 0.717) is 37.6 Å². The van der Waals surface area contributed by atoms with Gasteiger partial charge in [0.15, 0.2) is 17.8 Å². The molecule has 0 aliphatic carbocycles. The van der Waals surface area contributed by atoms with Gasteiger partial charge in [-0.15, -0.1) is 0 Å². The van der Waals surface area contributed by atoms with E-state index in [-0.39, 0.29) is 18.1 Å². The van der Waals surface area contributed by atoms with Crippen LogP contribution in [-0.4, -0.2) is 50.5 Å². The lowest BCUT2D eigenvalue weighted by Gasteiger charge is -2.19. The predicted octanol–water partition coefficient (Wildman–Crippen LogP) is 3.61. The Kier molecular flexibility index (Phi) is 6.20. The van der Waals surface area contributed by atoms with Crippen LogP contribution in [0.1, 0.15) is 30.7 Å². The highest BCUT2D eigenvalue weighted by Gasteiger charge is 2.31. The Morgan fingerprint density at radius 3 is 2.76 bits per heavy atom. The van der Waals surface area contributed by atoms with Gasteiger partial charge in [-0.1, -0.05) is 24.3 Å². The summed E-state index contributed by atoms with van der Waals surface area (Å²) in [6.07, 6.45) is 2.15. The molecule has 0 aromatic heterocycles. The fourth-order valence-electron chi connectivity index (χ4n) is 3.82. The average molecular weight is 397 g/mol. The second-order valence-electron chi connectivity index (χ2n) is 7.37. The smallest absolute Gasteiger partial charge is 0.223 e. The number of para-hydroxylation sites is 1. The van der Waals surface area contributed by atoms with Crippen LogP contribution in [-0.2, 0) is 9.53 Å². The van der Waals surface area contributed by atoms with Gasteiger partial charge in [0, 0.05) is 25.3 Å². The number of likely N-dealkylation sites (tertiary alicyclic amines) is 1. The number of ether oxygens (including phenoxy) is 4. The fraction of sp³-hybridized carbons (Fsp3) is 0.435. The molecule has 2 aliphatic rings. The molecule has 2 atom stereocenters. The number of nitrogens with zero attached hydrogens (tertiary/aromatic N) is 1. The first-order valence-corrected chi connectivity index (χ1v) is 10.1. The standard InChI is InChI=1S/C23H27NO5/c1-26-20-10-9-17(14-21(20)29-23-8-5-12-28-23)18-15-22(25)24(16-18)11-13-27-19-6-3-2-4-7-19/h2-4,6-7,9-10,14,18,23H,5,8,11-13,15-16H2,1H3. The second kappa shape index (κ2) is 9.18. The molecule has 1 amide bonds. The third kappa shape index (κ3) is 4.82. The molecule has 2 aromatic carbocycles. The van der Waals surface area contributed by atoms with E-state index in [1.807, 2.05) is 53.4 Å². The number of amides is 1. The van der Waals surface area contributed by atoms with Crippen LogP contribution in [0, 0.1) is 0 Å². The number of hydrogen-bond donors (Lipinski definition) is 0. The highest BCUT2D eigenvalue weighted by molar-refractivity contribution is 5.79. The first-order chi connectivity index (χ1) is 14.2. The van der Waals surface area contributed by atoms with Gasteiger partial charge in [-0.3, -0.25) is 4.79 Å². The summed E-state index contributed by atoms with van der Waals surface area (Å²) in [4.78, 5) is 14.4. The van der Waals surface area contributed by atoms with Crippen molar-refractivity contribution < 1.29 is 23.7 Å². The Hall–Kier alpha value is -2.73. The second-order valence-corrected chi connectivity index (χ2v) is 7.37.